The predicted molar refractivity (Wildman–Crippen MR) is 109 cm³/mol. The van der Waals surface area contributed by atoms with E-state index in [4.69, 9.17) is 9.47 Å². The minimum absolute atomic E-state index is 0.00853. The molecule has 1 aromatic carbocycles. The highest BCUT2D eigenvalue weighted by Crippen LogP contribution is 2.28. The highest BCUT2D eigenvalue weighted by atomic mass is 32.2. The van der Waals surface area contributed by atoms with Crippen molar-refractivity contribution >= 4 is 38.3 Å². The zero-order chi connectivity index (χ0) is 21.6. The van der Waals surface area contributed by atoms with Gasteiger partial charge in [0.1, 0.15) is 11.6 Å². The van der Waals surface area contributed by atoms with E-state index in [0.717, 1.165) is 11.3 Å². The Labute approximate surface area is 172 Å². The number of hydrogen-bond donors (Lipinski definition) is 1. The second-order valence-corrected chi connectivity index (χ2v) is 9.47. The second kappa shape index (κ2) is 9.49. The number of aromatic nitrogens is 2. The Morgan fingerprint density at radius 2 is 1.97 bits per heavy atom. The lowest BCUT2D eigenvalue weighted by molar-refractivity contribution is -0.112. The third-order valence-corrected chi connectivity index (χ3v) is 6.89. The number of methoxy groups -OCH3 is 2. The molecule has 2 aromatic rings. The molecule has 0 aliphatic heterocycles. The van der Waals surface area contributed by atoms with Gasteiger partial charge in [-0.05, 0) is 29.7 Å². The van der Waals surface area contributed by atoms with Crippen LogP contribution in [0.5, 0.6) is 11.5 Å². The van der Waals surface area contributed by atoms with Crippen LogP contribution in [0.2, 0.25) is 0 Å². The number of nitrogens with one attached hydrogen (secondary N) is 1. The van der Waals surface area contributed by atoms with E-state index in [9.17, 15) is 18.5 Å². The SMILES string of the molecule is COc1ccc(/C=C(/C#N)C(=O)Nc2nnc(S(=O)(=O)CC(C)C)s2)cc1OC. The Hall–Kier alpha value is -2.97. The van der Waals surface area contributed by atoms with E-state index in [1.807, 2.05) is 6.07 Å². The Morgan fingerprint density at radius 1 is 1.28 bits per heavy atom. The van der Waals surface area contributed by atoms with Gasteiger partial charge in [-0.15, -0.1) is 10.2 Å². The van der Waals surface area contributed by atoms with E-state index in [1.165, 1.54) is 20.3 Å². The zero-order valence-electron chi connectivity index (χ0n) is 16.3. The molecule has 0 radical (unpaired) electrons. The molecule has 1 amide bonds. The van der Waals surface area contributed by atoms with Crippen LogP contribution in [0, 0.1) is 17.2 Å². The lowest BCUT2D eigenvalue weighted by atomic mass is 10.1. The van der Waals surface area contributed by atoms with E-state index in [-0.39, 0.29) is 26.7 Å². The van der Waals surface area contributed by atoms with Gasteiger partial charge in [0.05, 0.1) is 20.0 Å². The summed E-state index contributed by atoms with van der Waals surface area (Å²) in [5, 5.41) is 19.1. The van der Waals surface area contributed by atoms with Crippen molar-refractivity contribution in [2.24, 2.45) is 5.92 Å². The molecule has 0 spiro atoms. The summed E-state index contributed by atoms with van der Waals surface area (Å²) in [5.74, 6) is 0.0839. The molecule has 1 aromatic heterocycles. The Balaban J connectivity index is 2.21. The molecular formula is C18H20N4O5S2. The van der Waals surface area contributed by atoms with E-state index in [2.05, 4.69) is 15.5 Å². The normalized spacial score (nSPS) is 11.8. The molecule has 154 valence electrons. The summed E-state index contributed by atoms with van der Waals surface area (Å²) in [7, 11) is -0.600. The average Bonchev–Trinajstić information content (AvgIpc) is 3.14. The van der Waals surface area contributed by atoms with Crippen LogP contribution in [-0.2, 0) is 14.6 Å². The van der Waals surface area contributed by atoms with Crippen LogP contribution in [0.15, 0.2) is 28.1 Å². The van der Waals surface area contributed by atoms with Gasteiger partial charge in [-0.3, -0.25) is 10.1 Å². The minimum atomic E-state index is -3.57. The minimum Gasteiger partial charge on any atom is -0.493 e. The number of ether oxygens (including phenoxy) is 2. The van der Waals surface area contributed by atoms with Crippen LogP contribution in [0.1, 0.15) is 19.4 Å². The quantitative estimate of drug-likeness (QED) is 0.379. The molecule has 0 fully saturated rings. The zero-order valence-corrected chi connectivity index (χ0v) is 17.9. The third-order valence-electron chi connectivity index (χ3n) is 3.53. The van der Waals surface area contributed by atoms with Gasteiger partial charge in [-0.1, -0.05) is 31.3 Å². The number of benzene rings is 1. The topological polar surface area (TPSA) is 131 Å². The van der Waals surface area contributed by atoms with Gasteiger partial charge in [0.25, 0.3) is 5.91 Å². The number of hydrogen-bond acceptors (Lipinski definition) is 9. The van der Waals surface area contributed by atoms with Crippen LogP contribution in [-0.4, -0.2) is 44.5 Å². The molecule has 0 bridgehead atoms. The van der Waals surface area contributed by atoms with Gasteiger partial charge < -0.3 is 9.47 Å². The van der Waals surface area contributed by atoms with E-state index >= 15 is 0 Å². The standard InChI is InChI=1S/C18H20N4O5S2/c1-11(2)10-29(24,25)18-22-21-17(28-18)20-16(23)13(9-19)7-12-5-6-14(26-3)15(8-12)27-4/h5-8,11H,10H2,1-4H3,(H,20,21,23)/b13-7-. The van der Waals surface area contributed by atoms with Gasteiger partial charge >= 0.3 is 0 Å². The summed E-state index contributed by atoms with van der Waals surface area (Å²) >= 11 is 0.740. The molecule has 11 heteroatoms. The molecule has 0 saturated carbocycles. The van der Waals surface area contributed by atoms with Gasteiger partial charge in [0.15, 0.2) is 11.5 Å². The third kappa shape index (κ3) is 5.75. The van der Waals surface area contributed by atoms with Crippen molar-refractivity contribution < 1.29 is 22.7 Å². The Bertz CT molecular complexity index is 1070. The van der Waals surface area contributed by atoms with Crippen molar-refractivity contribution in [1.82, 2.24) is 10.2 Å². The molecule has 2 rings (SSSR count). The van der Waals surface area contributed by atoms with Gasteiger partial charge in [0, 0.05) is 0 Å². The summed E-state index contributed by atoms with van der Waals surface area (Å²) in [4.78, 5) is 12.4. The molecule has 0 aliphatic carbocycles. The summed E-state index contributed by atoms with van der Waals surface area (Å²) in [6.07, 6.45) is 1.37. The number of rotatable bonds is 8. The fourth-order valence-corrected chi connectivity index (χ4v) is 4.93. The van der Waals surface area contributed by atoms with E-state index in [1.54, 1.807) is 32.0 Å². The summed E-state index contributed by atoms with van der Waals surface area (Å²) in [6, 6.07) is 6.74. The van der Waals surface area contributed by atoms with Crippen molar-refractivity contribution in [3.63, 3.8) is 0 Å². The average molecular weight is 437 g/mol. The molecule has 29 heavy (non-hydrogen) atoms. The summed E-state index contributed by atoms with van der Waals surface area (Å²) in [6.45, 7) is 3.55. The molecule has 0 saturated heterocycles. The highest BCUT2D eigenvalue weighted by molar-refractivity contribution is 7.93. The molecule has 1 heterocycles. The highest BCUT2D eigenvalue weighted by Gasteiger charge is 2.23. The van der Waals surface area contributed by atoms with Gasteiger partial charge in [0.2, 0.25) is 19.3 Å². The lowest BCUT2D eigenvalue weighted by Gasteiger charge is -2.08. The van der Waals surface area contributed by atoms with Gasteiger partial charge in [-0.25, -0.2) is 8.42 Å². The predicted octanol–water partition coefficient (Wildman–Crippen LogP) is 2.53. The lowest BCUT2D eigenvalue weighted by Crippen LogP contribution is -2.13. The number of amides is 1. The molecule has 0 aliphatic rings. The Kier molecular flexibility index (Phi) is 7.30. The largest absolute Gasteiger partial charge is 0.493 e. The van der Waals surface area contributed by atoms with Crippen LogP contribution < -0.4 is 14.8 Å². The number of carbonyl (C=O) groups is 1. The second-order valence-electron chi connectivity index (χ2n) is 6.29. The van der Waals surface area contributed by atoms with Crippen molar-refractivity contribution in [3.8, 4) is 17.6 Å². The smallest absolute Gasteiger partial charge is 0.268 e. The molecular weight excluding hydrogens is 416 g/mol. The fraction of sp³-hybridized carbons (Fsp3) is 0.333. The van der Waals surface area contributed by atoms with Crippen LogP contribution in [0.4, 0.5) is 5.13 Å². The first kappa shape index (κ1) is 22.3. The maximum Gasteiger partial charge on any atom is 0.268 e. The van der Waals surface area contributed by atoms with Crippen molar-refractivity contribution in [2.75, 3.05) is 25.3 Å². The fourth-order valence-electron chi connectivity index (χ4n) is 2.32. The molecule has 9 nitrogen and oxygen atoms in total. The van der Waals surface area contributed by atoms with Crippen molar-refractivity contribution in [2.45, 2.75) is 18.2 Å². The first-order chi connectivity index (χ1) is 13.7. The first-order valence-electron chi connectivity index (χ1n) is 8.41. The number of carbonyl (C=O) groups excluding carboxylic acids is 1. The van der Waals surface area contributed by atoms with Crippen LogP contribution >= 0.6 is 11.3 Å². The van der Waals surface area contributed by atoms with Crippen LogP contribution in [0.3, 0.4) is 0 Å². The van der Waals surface area contributed by atoms with Gasteiger partial charge in [-0.2, -0.15) is 5.26 Å². The summed E-state index contributed by atoms with van der Waals surface area (Å²) in [5.41, 5.74) is 0.353. The molecule has 0 unspecified atom stereocenters. The number of anilines is 1. The number of nitriles is 1. The maximum atomic E-state index is 12.4. The molecule has 0 atom stereocenters. The number of sulfone groups is 1. The summed E-state index contributed by atoms with van der Waals surface area (Å²) < 4.78 is 34.6. The van der Waals surface area contributed by atoms with Crippen molar-refractivity contribution in [1.29, 1.82) is 5.26 Å². The van der Waals surface area contributed by atoms with Crippen molar-refractivity contribution in [3.05, 3.63) is 29.3 Å². The first-order valence-corrected chi connectivity index (χ1v) is 10.9. The van der Waals surface area contributed by atoms with E-state index in [0.29, 0.717) is 17.1 Å². The maximum absolute atomic E-state index is 12.4. The van der Waals surface area contributed by atoms with E-state index < -0.39 is 15.7 Å². The van der Waals surface area contributed by atoms with Crippen LogP contribution in [0.25, 0.3) is 6.08 Å². The number of nitrogens with zero attached hydrogens (tertiary/aromatic N) is 3. The molecule has 1 N–H and O–H groups in total. The Morgan fingerprint density at radius 3 is 2.55 bits per heavy atom. The monoisotopic (exact) mass is 436 g/mol.